The smallest absolute Gasteiger partial charge is 0.165 e. The molecule has 0 N–H and O–H groups in total. The lowest BCUT2D eigenvalue weighted by Gasteiger charge is -2.29. The van der Waals surface area contributed by atoms with E-state index in [9.17, 15) is 4.39 Å². The topological polar surface area (TPSA) is 24.9 Å². The summed E-state index contributed by atoms with van der Waals surface area (Å²) in [6, 6.07) is 5.53. The van der Waals surface area contributed by atoms with Gasteiger partial charge in [-0.3, -0.25) is 4.90 Å². The van der Waals surface area contributed by atoms with E-state index in [2.05, 4.69) is 16.8 Å². The molecule has 0 radical (unpaired) electrons. The fourth-order valence-corrected chi connectivity index (χ4v) is 3.39. The van der Waals surface area contributed by atoms with Gasteiger partial charge in [0.1, 0.15) is 0 Å². The van der Waals surface area contributed by atoms with Crippen molar-refractivity contribution in [3.05, 3.63) is 29.6 Å². The first kappa shape index (κ1) is 14.8. The van der Waals surface area contributed by atoms with Gasteiger partial charge in [-0.15, -0.1) is 0 Å². The van der Waals surface area contributed by atoms with Crippen LogP contribution in [-0.2, 0) is 11.3 Å². The molecule has 4 nitrogen and oxygen atoms in total. The lowest BCUT2D eigenvalue weighted by Crippen LogP contribution is -2.42. The fraction of sp³-hybridized carbons (Fsp3) is 0.625. The van der Waals surface area contributed by atoms with Gasteiger partial charge in [0, 0.05) is 38.1 Å². The molecule has 2 saturated heterocycles. The Morgan fingerprint density at radius 1 is 1.29 bits per heavy atom. The maximum Gasteiger partial charge on any atom is 0.165 e. The molecule has 21 heavy (non-hydrogen) atoms. The van der Waals surface area contributed by atoms with Crippen LogP contribution in [0.25, 0.3) is 0 Å². The number of rotatable bonds is 3. The number of ether oxygens (including phenoxy) is 2. The van der Waals surface area contributed by atoms with Crippen LogP contribution in [0, 0.1) is 11.7 Å². The number of hydrogen-bond donors (Lipinski definition) is 0. The van der Waals surface area contributed by atoms with E-state index in [1.54, 1.807) is 6.07 Å². The van der Waals surface area contributed by atoms with E-state index in [1.807, 2.05) is 6.07 Å². The molecular formula is C16H23FN2O2. The van der Waals surface area contributed by atoms with Crippen LogP contribution >= 0.6 is 0 Å². The molecule has 0 aromatic heterocycles. The molecule has 1 aromatic carbocycles. The third kappa shape index (κ3) is 3.36. The Labute approximate surface area is 125 Å². The van der Waals surface area contributed by atoms with Crippen LogP contribution in [0.3, 0.4) is 0 Å². The molecule has 0 amide bonds. The zero-order valence-electron chi connectivity index (χ0n) is 12.7. The number of benzene rings is 1. The van der Waals surface area contributed by atoms with Gasteiger partial charge in [-0.2, -0.15) is 0 Å². The van der Waals surface area contributed by atoms with E-state index in [0.717, 1.165) is 45.0 Å². The van der Waals surface area contributed by atoms with Crippen molar-refractivity contribution in [2.75, 3.05) is 47.0 Å². The van der Waals surface area contributed by atoms with Crippen molar-refractivity contribution < 1.29 is 13.9 Å². The van der Waals surface area contributed by atoms with Crippen LogP contribution < -0.4 is 4.74 Å². The summed E-state index contributed by atoms with van der Waals surface area (Å²) in [6.07, 6.45) is 0. The van der Waals surface area contributed by atoms with Crippen molar-refractivity contribution in [3.63, 3.8) is 0 Å². The van der Waals surface area contributed by atoms with Gasteiger partial charge >= 0.3 is 0 Å². The van der Waals surface area contributed by atoms with Gasteiger partial charge in [0.25, 0.3) is 0 Å². The monoisotopic (exact) mass is 294 g/mol. The van der Waals surface area contributed by atoms with Crippen LogP contribution in [0.1, 0.15) is 5.56 Å². The van der Waals surface area contributed by atoms with Gasteiger partial charge in [-0.25, -0.2) is 4.39 Å². The molecule has 2 heterocycles. The standard InChI is InChI=1S/C16H23FN2O2/c1-18-6-13-8-19(14(9-18)11-21-10-13)7-12-3-4-15(17)16(5-12)20-2/h3-5,13-14H,6-11H2,1-2H3/t13-,14-/m0/s1. The van der Waals surface area contributed by atoms with Crippen molar-refractivity contribution in [2.24, 2.45) is 5.92 Å². The van der Waals surface area contributed by atoms with Crippen LogP contribution in [0.4, 0.5) is 4.39 Å². The highest BCUT2D eigenvalue weighted by molar-refractivity contribution is 5.30. The van der Waals surface area contributed by atoms with E-state index in [-0.39, 0.29) is 5.82 Å². The molecule has 2 aliphatic rings. The van der Waals surface area contributed by atoms with Gasteiger partial charge in [-0.05, 0) is 24.7 Å². The van der Waals surface area contributed by atoms with Crippen molar-refractivity contribution in [1.29, 1.82) is 0 Å². The van der Waals surface area contributed by atoms with Gasteiger partial charge < -0.3 is 14.4 Å². The molecule has 0 aliphatic carbocycles. The highest BCUT2D eigenvalue weighted by atomic mass is 19.1. The molecule has 1 aromatic rings. The molecule has 116 valence electrons. The zero-order valence-corrected chi connectivity index (χ0v) is 12.7. The normalized spacial score (nSPS) is 27.4. The maximum atomic E-state index is 13.5. The van der Waals surface area contributed by atoms with Gasteiger partial charge in [0.15, 0.2) is 11.6 Å². The van der Waals surface area contributed by atoms with Crippen molar-refractivity contribution in [2.45, 2.75) is 12.6 Å². The van der Waals surface area contributed by atoms with E-state index < -0.39 is 0 Å². The maximum absolute atomic E-state index is 13.5. The second-order valence-electron chi connectivity index (χ2n) is 6.18. The largest absolute Gasteiger partial charge is 0.494 e. The predicted octanol–water partition coefficient (Wildman–Crippen LogP) is 1.60. The van der Waals surface area contributed by atoms with E-state index in [1.165, 1.54) is 13.2 Å². The highest BCUT2D eigenvalue weighted by Gasteiger charge is 2.31. The van der Waals surface area contributed by atoms with Gasteiger partial charge in [0.2, 0.25) is 0 Å². The first-order valence-electron chi connectivity index (χ1n) is 7.48. The Bertz CT molecular complexity index is 497. The van der Waals surface area contributed by atoms with E-state index >= 15 is 0 Å². The minimum Gasteiger partial charge on any atom is -0.494 e. The highest BCUT2D eigenvalue weighted by Crippen LogP contribution is 2.23. The summed E-state index contributed by atoms with van der Waals surface area (Å²) in [7, 11) is 3.68. The summed E-state index contributed by atoms with van der Waals surface area (Å²) in [6.45, 7) is 5.57. The summed E-state index contributed by atoms with van der Waals surface area (Å²) >= 11 is 0. The SMILES string of the molecule is COc1cc(CN2C[C@H]3COC[C@@H]2CN(C)C3)ccc1F. The summed E-state index contributed by atoms with van der Waals surface area (Å²) in [5.74, 6) is 0.558. The molecule has 0 saturated carbocycles. The summed E-state index contributed by atoms with van der Waals surface area (Å²) in [4.78, 5) is 4.86. The third-order valence-electron chi connectivity index (χ3n) is 4.37. The summed E-state index contributed by atoms with van der Waals surface area (Å²) in [5, 5.41) is 0. The number of fused-ring (bicyclic) bond motifs is 3. The van der Waals surface area contributed by atoms with Crippen LogP contribution in [0.15, 0.2) is 18.2 Å². The minimum atomic E-state index is -0.307. The number of likely N-dealkylation sites (N-methyl/N-ethyl adjacent to an activating group) is 1. The lowest BCUT2D eigenvalue weighted by molar-refractivity contribution is 0.0562. The second kappa shape index (κ2) is 6.30. The number of hydrogen-bond acceptors (Lipinski definition) is 4. The second-order valence-corrected chi connectivity index (χ2v) is 6.18. The van der Waals surface area contributed by atoms with Gasteiger partial charge in [0.05, 0.1) is 20.3 Å². The molecule has 2 fully saturated rings. The average molecular weight is 294 g/mol. The molecule has 5 heteroatoms. The average Bonchev–Trinajstić information content (AvgIpc) is 2.70. The molecule has 0 spiro atoms. The number of nitrogens with zero attached hydrogens (tertiary/aromatic N) is 2. The quantitative estimate of drug-likeness (QED) is 0.845. The van der Waals surface area contributed by atoms with Gasteiger partial charge in [-0.1, -0.05) is 6.07 Å². The lowest BCUT2D eigenvalue weighted by atomic mass is 10.1. The Balaban J connectivity index is 1.77. The predicted molar refractivity (Wildman–Crippen MR) is 79.0 cm³/mol. The number of halogens is 1. The first-order valence-corrected chi connectivity index (χ1v) is 7.48. The fourth-order valence-electron chi connectivity index (χ4n) is 3.39. The molecule has 3 rings (SSSR count). The van der Waals surface area contributed by atoms with Crippen LogP contribution in [0.2, 0.25) is 0 Å². The van der Waals surface area contributed by atoms with Crippen molar-refractivity contribution in [1.82, 2.24) is 9.80 Å². The van der Waals surface area contributed by atoms with E-state index in [0.29, 0.717) is 17.7 Å². The molecule has 2 aliphatic heterocycles. The Morgan fingerprint density at radius 2 is 2.14 bits per heavy atom. The Kier molecular flexibility index (Phi) is 4.42. The molecule has 0 unspecified atom stereocenters. The Morgan fingerprint density at radius 3 is 2.95 bits per heavy atom. The molecule has 2 atom stereocenters. The van der Waals surface area contributed by atoms with E-state index in [4.69, 9.17) is 9.47 Å². The third-order valence-corrected chi connectivity index (χ3v) is 4.37. The zero-order chi connectivity index (χ0) is 14.8. The van der Waals surface area contributed by atoms with Crippen LogP contribution in [0.5, 0.6) is 5.75 Å². The first-order chi connectivity index (χ1) is 10.2. The number of methoxy groups -OCH3 is 1. The summed E-state index contributed by atoms with van der Waals surface area (Å²) in [5.41, 5.74) is 1.09. The van der Waals surface area contributed by atoms with Crippen molar-refractivity contribution in [3.8, 4) is 5.75 Å². The minimum absolute atomic E-state index is 0.307. The molecule has 2 bridgehead atoms. The van der Waals surface area contributed by atoms with Crippen molar-refractivity contribution >= 4 is 0 Å². The molecular weight excluding hydrogens is 271 g/mol. The Hall–Kier alpha value is -1.17. The summed E-state index contributed by atoms with van der Waals surface area (Å²) < 4.78 is 24.4. The van der Waals surface area contributed by atoms with Crippen LogP contribution in [-0.4, -0.2) is 62.8 Å².